The van der Waals surface area contributed by atoms with Crippen LogP contribution >= 0.6 is 0 Å². The van der Waals surface area contributed by atoms with Crippen molar-refractivity contribution in [1.29, 1.82) is 0 Å². The topological polar surface area (TPSA) is 284 Å². The first-order valence-electron chi connectivity index (χ1n) is 15.9. The molecular weight excluding hydrogens is 672 g/mol. The summed E-state index contributed by atoms with van der Waals surface area (Å²) in [7, 11) is 0. The highest BCUT2D eigenvalue weighted by atomic mass is 16.8. The van der Waals surface area contributed by atoms with Crippen molar-refractivity contribution in [2.24, 2.45) is 0 Å². The van der Waals surface area contributed by atoms with Gasteiger partial charge in [-0.25, -0.2) is 0 Å². The first-order chi connectivity index (χ1) is 23.9. The van der Waals surface area contributed by atoms with Crippen molar-refractivity contribution >= 4 is 5.78 Å². The Hall–Kier alpha value is -3.05. The van der Waals surface area contributed by atoms with Gasteiger partial charge in [0.2, 0.25) is 12.6 Å². The van der Waals surface area contributed by atoms with Crippen LogP contribution < -0.4 is 14.2 Å². The average molecular weight is 713 g/mol. The molecule has 0 radical (unpaired) electrons. The van der Waals surface area contributed by atoms with Crippen molar-refractivity contribution in [3.63, 3.8) is 0 Å². The van der Waals surface area contributed by atoms with Gasteiger partial charge in [-0.3, -0.25) is 4.79 Å². The third-order valence-corrected chi connectivity index (χ3v) is 9.19. The minimum atomic E-state index is -2.02. The molecule has 18 heteroatoms. The molecular formula is C32H40O18. The summed E-state index contributed by atoms with van der Waals surface area (Å²) in [6.45, 7) is -2.63. The fourth-order valence-electron chi connectivity index (χ4n) is 6.12. The summed E-state index contributed by atoms with van der Waals surface area (Å²) in [5, 5.41) is 101. The van der Waals surface area contributed by atoms with E-state index in [0.717, 1.165) is 0 Å². The van der Waals surface area contributed by atoms with Gasteiger partial charge in [-0.05, 0) is 29.8 Å². The third kappa shape index (κ3) is 7.05. The van der Waals surface area contributed by atoms with Crippen molar-refractivity contribution < 1.29 is 89.0 Å². The number of fused-ring (bicyclic) bond motifs is 1. The summed E-state index contributed by atoms with van der Waals surface area (Å²) in [6.07, 6.45) is -19.0. The number of ether oxygens (including phenoxy) is 7. The number of aliphatic hydroxyl groups excluding tert-OH is 9. The SMILES string of the molecule is O=C1C[C@@H](c2ccc(O[C@@H]3OC(CO)[C@@H](O)[C@H](O)C3O[C@@H]3OCC(O)(CO)[C@@H]3O)cc2)Oc2cc(O[C@@H]3OC(CO)[C@@H](O)[C@H](O)C3O)ccc21. The van der Waals surface area contributed by atoms with E-state index in [0.29, 0.717) is 5.56 Å². The predicted molar refractivity (Wildman–Crippen MR) is 161 cm³/mol. The van der Waals surface area contributed by atoms with Crippen molar-refractivity contribution in [1.82, 2.24) is 0 Å². The fraction of sp³-hybridized carbons (Fsp3) is 0.594. The second kappa shape index (κ2) is 14.9. The normalized spacial score (nSPS) is 40.2. The lowest BCUT2D eigenvalue weighted by atomic mass is 9.96. The van der Waals surface area contributed by atoms with E-state index in [9.17, 15) is 55.9 Å². The summed E-state index contributed by atoms with van der Waals surface area (Å²) in [6, 6.07) is 10.5. The first kappa shape index (κ1) is 36.7. The van der Waals surface area contributed by atoms with Crippen LogP contribution in [0.3, 0.4) is 0 Å². The number of carbonyl (C=O) groups is 1. The van der Waals surface area contributed by atoms with Gasteiger partial charge in [0, 0.05) is 6.07 Å². The van der Waals surface area contributed by atoms with Crippen LogP contribution in [-0.4, -0.2) is 163 Å². The molecule has 2 aromatic rings. The highest BCUT2D eigenvalue weighted by Crippen LogP contribution is 2.39. The van der Waals surface area contributed by atoms with E-state index in [4.69, 9.17) is 33.2 Å². The number of ketones is 1. The molecule has 4 heterocycles. The molecule has 14 atom stereocenters. The number of Topliss-reactive ketones (excluding diaryl/α,β-unsaturated/α-hetero) is 1. The van der Waals surface area contributed by atoms with E-state index >= 15 is 0 Å². The fourth-order valence-corrected chi connectivity index (χ4v) is 6.12. The molecule has 0 aromatic heterocycles. The number of benzene rings is 2. The summed E-state index contributed by atoms with van der Waals surface area (Å²) >= 11 is 0. The molecule has 0 spiro atoms. The van der Waals surface area contributed by atoms with E-state index in [2.05, 4.69) is 0 Å². The van der Waals surface area contributed by atoms with Gasteiger partial charge in [-0.15, -0.1) is 0 Å². The van der Waals surface area contributed by atoms with Crippen molar-refractivity contribution in [3.05, 3.63) is 53.6 Å². The Kier molecular flexibility index (Phi) is 10.9. The van der Waals surface area contributed by atoms with Gasteiger partial charge in [0.25, 0.3) is 0 Å². The maximum Gasteiger partial charge on any atom is 0.229 e. The smallest absolute Gasteiger partial charge is 0.229 e. The van der Waals surface area contributed by atoms with Crippen LogP contribution in [0.4, 0.5) is 0 Å². The summed E-state index contributed by atoms with van der Waals surface area (Å²) in [4.78, 5) is 13.0. The van der Waals surface area contributed by atoms with E-state index in [-0.39, 0.29) is 35.0 Å². The Bertz CT molecular complexity index is 1470. The second-order valence-corrected chi connectivity index (χ2v) is 12.6. The first-order valence-corrected chi connectivity index (χ1v) is 15.9. The van der Waals surface area contributed by atoms with Crippen molar-refractivity contribution in [2.45, 2.75) is 91.9 Å². The van der Waals surface area contributed by atoms with Crippen LogP contribution in [-0.2, 0) is 18.9 Å². The van der Waals surface area contributed by atoms with Gasteiger partial charge in [-0.1, -0.05) is 12.1 Å². The van der Waals surface area contributed by atoms with Gasteiger partial charge < -0.3 is 84.2 Å². The molecule has 5 unspecified atom stereocenters. The van der Waals surface area contributed by atoms with E-state index < -0.39 is 112 Å². The molecule has 6 rings (SSSR count). The largest absolute Gasteiger partial charge is 0.484 e. The van der Waals surface area contributed by atoms with E-state index in [1.807, 2.05) is 0 Å². The van der Waals surface area contributed by atoms with Gasteiger partial charge in [0.15, 0.2) is 18.2 Å². The van der Waals surface area contributed by atoms with Crippen LogP contribution in [0.15, 0.2) is 42.5 Å². The summed E-state index contributed by atoms with van der Waals surface area (Å²) in [5.41, 5.74) is -1.19. The van der Waals surface area contributed by atoms with Gasteiger partial charge in [0.05, 0.1) is 38.4 Å². The highest BCUT2D eigenvalue weighted by Gasteiger charge is 2.53. The molecule has 0 aliphatic carbocycles. The predicted octanol–water partition coefficient (Wildman–Crippen LogP) is -3.78. The Morgan fingerprint density at radius 3 is 2.00 bits per heavy atom. The van der Waals surface area contributed by atoms with Gasteiger partial charge in [0.1, 0.15) is 77.8 Å². The Balaban J connectivity index is 1.14. The van der Waals surface area contributed by atoms with E-state index in [1.165, 1.54) is 30.3 Å². The van der Waals surface area contributed by atoms with Crippen molar-refractivity contribution in [2.75, 3.05) is 26.4 Å². The molecule has 0 saturated carbocycles. The molecule has 50 heavy (non-hydrogen) atoms. The monoisotopic (exact) mass is 712 g/mol. The maximum atomic E-state index is 13.0. The van der Waals surface area contributed by atoms with Gasteiger partial charge >= 0.3 is 0 Å². The molecule has 3 saturated heterocycles. The minimum absolute atomic E-state index is 0.0199. The van der Waals surface area contributed by atoms with Crippen LogP contribution in [0.1, 0.15) is 28.4 Å². The quantitative estimate of drug-likeness (QED) is 0.113. The summed E-state index contributed by atoms with van der Waals surface area (Å²) in [5.74, 6) is 0.208. The Morgan fingerprint density at radius 2 is 1.36 bits per heavy atom. The molecule has 18 nitrogen and oxygen atoms in total. The standard InChI is InChI=1S/C32H40O18/c33-9-20-22(37)24(39)26(41)29(48-20)46-15-5-6-16-17(36)8-18(47-19(16)7-15)13-1-3-14(4-2-13)45-30-27(25(40)23(38)21(10-34)49-30)50-31-28(42)32(43,11-35)12-44-31/h1-7,18,20-31,33-35,37-43H,8-12H2/t18-,20?,21?,22+,23+,24-,25-,26?,27?,28+,29+,30+,31-,32?/m0/s1. The zero-order chi connectivity index (χ0) is 35.9. The zero-order valence-corrected chi connectivity index (χ0v) is 26.3. The van der Waals surface area contributed by atoms with Crippen LogP contribution in [0.5, 0.6) is 17.2 Å². The molecule has 0 bridgehead atoms. The lowest BCUT2D eigenvalue weighted by molar-refractivity contribution is -0.318. The average Bonchev–Trinajstić information content (AvgIpc) is 3.40. The Morgan fingerprint density at radius 1 is 0.740 bits per heavy atom. The number of hydrogen-bond acceptors (Lipinski definition) is 18. The van der Waals surface area contributed by atoms with Crippen molar-refractivity contribution in [3.8, 4) is 17.2 Å². The molecule has 0 amide bonds. The molecule has 4 aliphatic heterocycles. The molecule has 2 aromatic carbocycles. The number of carbonyl (C=O) groups excluding carboxylic acids is 1. The van der Waals surface area contributed by atoms with Crippen LogP contribution in [0.25, 0.3) is 0 Å². The van der Waals surface area contributed by atoms with Crippen LogP contribution in [0, 0.1) is 0 Å². The highest BCUT2D eigenvalue weighted by molar-refractivity contribution is 6.00. The second-order valence-electron chi connectivity index (χ2n) is 12.6. The zero-order valence-electron chi connectivity index (χ0n) is 26.3. The molecule has 3 fully saturated rings. The number of aliphatic hydroxyl groups is 10. The maximum absolute atomic E-state index is 13.0. The lowest BCUT2D eigenvalue weighted by Crippen LogP contribution is -2.62. The summed E-state index contributed by atoms with van der Waals surface area (Å²) < 4.78 is 39.7. The molecule has 276 valence electrons. The van der Waals surface area contributed by atoms with E-state index in [1.54, 1.807) is 12.1 Å². The Labute approximate surface area is 284 Å². The molecule has 4 aliphatic rings. The van der Waals surface area contributed by atoms with Crippen LogP contribution in [0.2, 0.25) is 0 Å². The minimum Gasteiger partial charge on any atom is -0.484 e. The molecule has 10 N–H and O–H groups in total. The number of rotatable bonds is 10. The van der Waals surface area contributed by atoms with Gasteiger partial charge in [-0.2, -0.15) is 0 Å². The number of hydrogen-bond donors (Lipinski definition) is 10. The lowest BCUT2D eigenvalue weighted by Gasteiger charge is -2.42. The third-order valence-electron chi connectivity index (χ3n) is 9.19.